The van der Waals surface area contributed by atoms with Gasteiger partial charge < -0.3 is 13.4 Å². The van der Waals surface area contributed by atoms with Gasteiger partial charge in [-0.15, -0.1) is 21.5 Å². The molecular formula is C16H14N4O3S2. The zero-order valence-electron chi connectivity index (χ0n) is 13.3. The average Bonchev–Trinajstić information content (AvgIpc) is 3.37. The first-order valence-electron chi connectivity index (χ1n) is 7.67. The van der Waals surface area contributed by atoms with Crippen molar-refractivity contribution in [1.82, 2.24) is 20.3 Å². The lowest BCUT2D eigenvalue weighted by Crippen LogP contribution is -1.88. The van der Waals surface area contributed by atoms with Gasteiger partial charge in [0.15, 0.2) is 0 Å². The Morgan fingerprint density at radius 1 is 1.24 bits per heavy atom. The van der Waals surface area contributed by atoms with Crippen LogP contribution < -0.4 is 0 Å². The number of thiophene rings is 1. The second-order valence-corrected chi connectivity index (χ2v) is 7.20. The van der Waals surface area contributed by atoms with E-state index in [1.165, 1.54) is 11.8 Å². The van der Waals surface area contributed by atoms with Crippen molar-refractivity contribution in [3.63, 3.8) is 0 Å². The van der Waals surface area contributed by atoms with Gasteiger partial charge in [-0.25, -0.2) is 0 Å². The van der Waals surface area contributed by atoms with Gasteiger partial charge in [0, 0.05) is 12.2 Å². The normalized spacial score (nSPS) is 11.2. The van der Waals surface area contributed by atoms with E-state index in [2.05, 4.69) is 20.3 Å². The van der Waals surface area contributed by atoms with Crippen molar-refractivity contribution >= 4 is 23.1 Å². The second kappa shape index (κ2) is 7.24. The van der Waals surface area contributed by atoms with Gasteiger partial charge in [0.05, 0.1) is 16.7 Å². The minimum atomic E-state index is 0.478. The van der Waals surface area contributed by atoms with Crippen molar-refractivity contribution in [1.29, 1.82) is 0 Å². The first kappa shape index (κ1) is 16.1. The maximum atomic E-state index is 5.64. The fraction of sp³-hybridized carbons (Fsp3) is 0.250. The van der Waals surface area contributed by atoms with E-state index in [9.17, 15) is 0 Å². The van der Waals surface area contributed by atoms with Crippen LogP contribution in [0.15, 0.2) is 48.4 Å². The van der Waals surface area contributed by atoms with E-state index in [1.54, 1.807) is 17.6 Å². The third-order valence-corrected chi connectivity index (χ3v) is 5.24. The third-order valence-electron chi connectivity index (χ3n) is 3.47. The fourth-order valence-corrected chi connectivity index (χ4v) is 3.58. The number of aryl methyl sites for hydroxylation is 2. The van der Waals surface area contributed by atoms with Gasteiger partial charge in [0.1, 0.15) is 5.76 Å². The zero-order valence-corrected chi connectivity index (χ0v) is 15.0. The molecule has 0 unspecified atom stereocenters. The number of thioether (sulfide) groups is 1. The fourth-order valence-electron chi connectivity index (χ4n) is 2.23. The molecule has 4 heterocycles. The number of hydrogen-bond donors (Lipinski definition) is 0. The first-order chi connectivity index (χ1) is 12.3. The highest BCUT2D eigenvalue weighted by atomic mass is 32.2. The molecule has 0 aromatic carbocycles. The van der Waals surface area contributed by atoms with Crippen LogP contribution in [0.5, 0.6) is 0 Å². The largest absolute Gasteiger partial charge is 0.469 e. The summed E-state index contributed by atoms with van der Waals surface area (Å²) < 4.78 is 16.2. The maximum Gasteiger partial charge on any atom is 0.276 e. The molecule has 0 bridgehead atoms. The highest BCUT2D eigenvalue weighted by Gasteiger charge is 2.13. The van der Waals surface area contributed by atoms with E-state index in [-0.39, 0.29) is 0 Å². The molecule has 0 saturated heterocycles. The van der Waals surface area contributed by atoms with Crippen molar-refractivity contribution in [3.05, 3.63) is 41.5 Å². The molecule has 0 radical (unpaired) electrons. The Kier molecular flexibility index (Phi) is 4.66. The summed E-state index contributed by atoms with van der Waals surface area (Å²) in [5, 5.41) is 14.6. The number of hydrogen-bond acceptors (Lipinski definition) is 9. The number of rotatable bonds is 7. The Balaban J connectivity index is 1.27. The molecule has 0 saturated carbocycles. The van der Waals surface area contributed by atoms with Crippen molar-refractivity contribution in [2.24, 2.45) is 0 Å². The molecule has 0 spiro atoms. The van der Waals surface area contributed by atoms with Gasteiger partial charge in [0.25, 0.3) is 11.1 Å². The average molecular weight is 374 g/mol. The van der Waals surface area contributed by atoms with Crippen LogP contribution in [0.25, 0.3) is 22.2 Å². The molecule has 0 aliphatic rings. The van der Waals surface area contributed by atoms with E-state index in [0.717, 1.165) is 28.4 Å². The van der Waals surface area contributed by atoms with Gasteiger partial charge in [-0.05, 0) is 30.9 Å². The molecule has 4 aromatic rings. The topological polar surface area (TPSA) is 91.0 Å². The van der Waals surface area contributed by atoms with E-state index in [0.29, 0.717) is 29.2 Å². The molecule has 0 amide bonds. The van der Waals surface area contributed by atoms with Crippen molar-refractivity contribution in [2.75, 3.05) is 5.75 Å². The molecule has 0 atom stereocenters. The summed E-state index contributed by atoms with van der Waals surface area (Å²) >= 11 is 3.10. The Hall–Kier alpha value is -2.39. The summed E-state index contributed by atoms with van der Waals surface area (Å²) in [4.78, 5) is 5.42. The minimum absolute atomic E-state index is 0.478. The van der Waals surface area contributed by atoms with Crippen molar-refractivity contribution in [3.8, 4) is 22.2 Å². The lowest BCUT2D eigenvalue weighted by atomic mass is 10.3. The minimum Gasteiger partial charge on any atom is -0.469 e. The zero-order chi connectivity index (χ0) is 17.1. The smallest absolute Gasteiger partial charge is 0.276 e. The molecule has 0 aliphatic carbocycles. The summed E-state index contributed by atoms with van der Waals surface area (Å²) in [5.41, 5.74) is 0.825. The van der Waals surface area contributed by atoms with E-state index >= 15 is 0 Å². The SMILES string of the molecule is Cc1occc1-c1nnc(SCCCc2nc(-c3cccs3)no2)o1. The number of furan rings is 1. The summed E-state index contributed by atoms with van der Waals surface area (Å²) in [7, 11) is 0. The summed E-state index contributed by atoms with van der Waals surface area (Å²) in [5.74, 6) is 3.35. The molecule has 25 heavy (non-hydrogen) atoms. The molecular weight excluding hydrogens is 360 g/mol. The Bertz CT molecular complexity index is 942. The van der Waals surface area contributed by atoms with Crippen LogP contribution in [0.3, 0.4) is 0 Å². The van der Waals surface area contributed by atoms with Crippen LogP contribution in [0.1, 0.15) is 18.1 Å². The number of aromatic nitrogens is 4. The molecule has 7 nitrogen and oxygen atoms in total. The molecule has 0 N–H and O–H groups in total. The molecule has 9 heteroatoms. The Labute approximate surface area is 151 Å². The summed E-state index contributed by atoms with van der Waals surface area (Å²) in [6.45, 7) is 1.86. The second-order valence-electron chi connectivity index (χ2n) is 5.20. The van der Waals surface area contributed by atoms with E-state index in [1.807, 2.05) is 30.5 Å². The predicted molar refractivity (Wildman–Crippen MR) is 93.4 cm³/mol. The van der Waals surface area contributed by atoms with Crippen LogP contribution in [-0.4, -0.2) is 26.1 Å². The molecule has 4 rings (SSSR count). The molecule has 0 fully saturated rings. The van der Waals surface area contributed by atoms with Gasteiger partial charge >= 0.3 is 0 Å². The Morgan fingerprint density at radius 3 is 3.00 bits per heavy atom. The van der Waals surface area contributed by atoms with E-state index < -0.39 is 0 Å². The van der Waals surface area contributed by atoms with E-state index in [4.69, 9.17) is 13.4 Å². The quantitative estimate of drug-likeness (QED) is 0.345. The van der Waals surface area contributed by atoms with Crippen LogP contribution in [-0.2, 0) is 6.42 Å². The lowest BCUT2D eigenvalue weighted by Gasteiger charge is -1.94. The van der Waals surface area contributed by atoms with Gasteiger partial charge in [0.2, 0.25) is 11.7 Å². The summed E-state index contributed by atoms with van der Waals surface area (Å²) in [6.07, 6.45) is 3.20. The van der Waals surface area contributed by atoms with Crippen LogP contribution in [0.4, 0.5) is 0 Å². The number of nitrogens with zero attached hydrogens (tertiary/aromatic N) is 4. The Morgan fingerprint density at radius 2 is 2.20 bits per heavy atom. The van der Waals surface area contributed by atoms with Gasteiger partial charge in [-0.3, -0.25) is 0 Å². The van der Waals surface area contributed by atoms with Crippen molar-refractivity contribution in [2.45, 2.75) is 25.0 Å². The monoisotopic (exact) mass is 374 g/mol. The summed E-state index contributed by atoms with van der Waals surface area (Å²) in [6, 6.07) is 5.76. The highest BCUT2D eigenvalue weighted by Crippen LogP contribution is 2.27. The van der Waals surface area contributed by atoms with Crippen LogP contribution >= 0.6 is 23.1 Å². The molecule has 4 aromatic heterocycles. The lowest BCUT2D eigenvalue weighted by molar-refractivity contribution is 0.378. The standard InChI is InChI=1S/C16H14N4O3S2/c1-10-11(6-7-21-10)15-18-19-16(22-15)25-9-3-5-13-17-14(20-23-13)12-4-2-8-24-12/h2,4,6-8H,3,5,9H2,1H3. The molecule has 0 aliphatic heterocycles. The first-order valence-corrected chi connectivity index (χ1v) is 9.53. The van der Waals surface area contributed by atoms with Gasteiger partial charge in [-0.1, -0.05) is 23.0 Å². The van der Waals surface area contributed by atoms with Crippen LogP contribution in [0, 0.1) is 6.92 Å². The van der Waals surface area contributed by atoms with Crippen LogP contribution in [0.2, 0.25) is 0 Å². The highest BCUT2D eigenvalue weighted by molar-refractivity contribution is 7.99. The third kappa shape index (κ3) is 3.67. The predicted octanol–water partition coefficient (Wildman–Crippen LogP) is 4.47. The maximum absolute atomic E-state index is 5.64. The van der Waals surface area contributed by atoms with Crippen molar-refractivity contribution < 1.29 is 13.4 Å². The van der Waals surface area contributed by atoms with Gasteiger partial charge in [-0.2, -0.15) is 4.98 Å². The molecule has 128 valence electrons.